The van der Waals surface area contributed by atoms with E-state index in [0.717, 1.165) is 77.3 Å². The number of hydrogen-bond acceptors (Lipinski definition) is 6. The van der Waals surface area contributed by atoms with E-state index in [1.165, 1.54) is 0 Å². The van der Waals surface area contributed by atoms with Crippen molar-refractivity contribution in [2.45, 2.75) is 92.7 Å². The molecule has 0 radical (unpaired) electrons. The molecule has 0 amide bonds. The van der Waals surface area contributed by atoms with Crippen molar-refractivity contribution in [3.63, 3.8) is 0 Å². The minimum absolute atomic E-state index is 0.00396. The van der Waals surface area contributed by atoms with Crippen molar-refractivity contribution in [3.05, 3.63) is 0 Å². The Labute approximate surface area is 161 Å². The van der Waals surface area contributed by atoms with Gasteiger partial charge in [0.2, 0.25) is 0 Å². The Morgan fingerprint density at radius 2 is 1.33 bits per heavy atom. The first-order valence-electron chi connectivity index (χ1n) is 10.9. The van der Waals surface area contributed by atoms with Gasteiger partial charge in [0.05, 0.1) is 6.10 Å². The zero-order chi connectivity index (χ0) is 18.4. The highest BCUT2D eigenvalue weighted by Gasteiger charge is 2.77. The van der Waals surface area contributed by atoms with Crippen molar-refractivity contribution >= 4 is 6.29 Å². The fraction of sp³-hybridized carbons (Fsp3) is 0.952. The zero-order valence-corrected chi connectivity index (χ0v) is 16.2. The predicted octanol–water partition coefficient (Wildman–Crippen LogP) is 2.56. The zero-order valence-electron chi connectivity index (χ0n) is 16.2. The Balaban J connectivity index is 1.68. The van der Waals surface area contributed by atoms with Crippen LogP contribution < -0.4 is 0 Å². The van der Waals surface area contributed by atoms with Gasteiger partial charge in [0, 0.05) is 33.0 Å². The molecule has 6 heteroatoms. The summed E-state index contributed by atoms with van der Waals surface area (Å²) in [6.07, 6.45) is 10.0. The standard InChI is InChI=1S/C21H32O6/c22-16-18(7-2-12-24-18)20(9-4-14-26-20)21(10-5-15-27-21)19(8-3-13-25-19)17-6-1-11-23-17/h16-17H,1-15H2/t17-,18-,19+,20+,21+/m1/s1. The first-order chi connectivity index (χ1) is 13.2. The minimum atomic E-state index is -0.939. The smallest absolute Gasteiger partial charge is 0.155 e. The lowest BCUT2D eigenvalue weighted by Crippen LogP contribution is -2.77. The number of aldehydes is 1. The van der Waals surface area contributed by atoms with E-state index in [9.17, 15) is 4.79 Å². The normalized spacial score (nSPS) is 50.6. The van der Waals surface area contributed by atoms with Crippen LogP contribution in [0.15, 0.2) is 0 Å². The summed E-state index contributed by atoms with van der Waals surface area (Å²) in [6, 6.07) is 0. The van der Waals surface area contributed by atoms with Crippen molar-refractivity contribution in [1.29, 1.82) is 0 Å². The molecule has 27 heavy (non-hydrogen) atoms. The second-order valence-corrected chi connectivity index (χ2v) is 8.86. The summed E-state index contributed by atoms with van der Waals surface area (Å²) >= 11 is 0. The molecule has 0 aromatic rings. The molecule has 5 saturated heterocycles. The topological polar surface area (TPSA) is 63.2 Å². The van der Waals surface area contributed by atoms with Gasteiger partial charge in [0.15, 0.2) is 11.9 Å². The second-order valence-electron chi connectivity index (χ2n) is 8.86. The number of hydrogen-bond donors (Lipinski definition) is 0. The number of carbonyl (C=O) groups is 1. The summed E-state index contributed by atoms with van der Waals surface area (Å²) < 4.78 is 32.3. The van der Waals surface area contributed by atoms with Crippen LogP contribution >= 0.6 is 0 Å². The number of rotatable bonds is 5. The summed E-state index contributed by atoms with van der Waals surface area (Å²) in [7, 11) is 0. The van der Waals surface area contributed by atoms with Crippen LogP contribution in [0.25, 0.3) is 0 Å². The minimum Gasteiger partial charge on any atom is -0.375 e. The summed E-state index contributed by atoms with van der Waals surface area (Å²) in [5.74, 6) is 0. The molecule has 0 saturated carbocycles. The highest BCUT2D eigenvalue weighted by molar-refractivity contribution is 5.67. The molecule has 0 aromatic carbocycles. The third-order valence-electron chi connectivity index (χ3n) is 7.81. The molecule has 0 unspecified atom stereocenters. The number of ether oxygens (including phenoxy) is 5. The Bertz CT molecular complexity index is 545. The van der Waals surface area contributed by atoms with Crippen LogP contribution in [0.4, 0.5) is 0 Å². The Morgan fingerprint density at radius 1 is 0.667 bits per heavy atom. The average Bonchev–Trinajstić information content (AvgIpc) is 3.51. The van der Waals surface area contributed by atoms with Gasteiger partial charge in [-0.15, -0.1) is 0 Å². The molecular weight excluding hydrogens is 348 g/mol. The van der Waals surface area contributed by atoms with E-state index in [1.807, 2.05) is 0 Å². The molecule has 5 heterocycles. The first kappa shape index (κ1) is 18.5. The van der Waals surface area contributed by atoms with Crippen LogP contribution in [0.1, 0.15) is 64.2 Å². The summed E-state index contributed by atoms with van der Waals surface area (Å²) in [4.78, 5) is 12.5. The quantitative estimate of drug-likeness (QED) is 0.683. The fourth-order valence-corrected chi connectivity index (χ4v) is 6.87. The van der Waals surface area contributed by atoms with Crippen LogP contribution in [-0.2, 0) is 28.5 Å². The monoisotopic (exact) mass is 380 g/mol. The SMILES string of the molecule is O=C[C@@]1([C@]2([C@@]3([C@@]4([C@H]5CCCO5)CCCO4)CCCO3)CCCO2)CCCO1. The predicted molar refractivity (Wildman–Crippen MR) is 96.7 cm³/mol. The molecule has 6 nitrogen and oxygen atoms in total. The molecule has 0 N–H and O–H groups in total. The van der Waals surface area contributed by atoms with E-state index in [0.29, 0.717) is 26.2 Å². The molecular formula is C21H32O6. The molecule has 0 spiro atoms. The Kier molecular flexibility index (Phi) is 4.64. The lowest BCUT2D eigenvalue weighted by atomic mass is 9.58. The van der Waals surface area contributed by atoms with Gasteiger partial charge in [-0.05, 0) is 64.2 Å². The Morgan fingerprint density at radius 3 is 1.85 bits per heavy atom. The number of carbonyl (C=O) groups excluding carboxylic acids is 1. The molecule has 0 bridgehead atoms. The fourth-order valence-electron chi connectivity index (χ4n) is 6.87. The Hall–Kier alpha value is -0.530. The first-order valence-corrected chi connectivity index (χ1v) is 10.9. The summed E-state index contributed by atoms with van der Waals surface area (Å²) in [6.45, 7) is 3.42. The maximum atomic E-state index is 12.5. The van der Waals surface area contributed by atoms with E-state index in [-0.39, 0.29) is 6.10 Å². The third-order valence-corrected chi connectivity index (χ3v) is 7.81. The van der Waals surface area contributed by atoms with E-state index in [1.54, 1.807) is 0 Å². The summed E-state index contributed by atoms with van der Waals surface area (Å²) in [5, 5.41) is 0. The molecule has 5 fully saturated rings. The van der Waals surface area contributed by atoms with Gasteiger partial charge in [0.1, 0.15) is 16.8 Å². The van der Waals surface area contributed by atoms with Crippen molar-refractivity contribution in [2.75, 3.05) is 33.0 Å². The van der Waals surface area contributed by atoms with E-state index in [2.05, 4.69) is 0 Å². The molecule has 5 rings (SSSR count). The van der Waals surface area contributed by atoms with Crippen molar-refractivity contribution in [1.82, 2.24) is 0 Å². The van der Waals surface area contributed by atoms with Crippen LogP contribution in [0.5, 0.6) is 0 Å². The highest BCUT2D eigenvalue weighted by Crippen LogP contribution is 2.62. The summed E-state index contributed by atoms with van der Waals surface area (Å²) in [5.41, 5.74) is -2.96. The van der Waals surface area contributed by atoms with Crippen LogP contribution in [-0.4, -0.2) is 67.8 Å². The third kappa shape index (κ3) is 2.28. The average molecular weight is 380 g/mol. The van der Waals surface area contributed by atoms with Gasteiger partial charge in [0.25, 0.3) is 0 Å². The van der Waals surface area contributed by atoms with Gasteiger partial charge in [-0.2, -0.15) is 0 Å². The van der Waals surface area contributed by atoms with Crippen LogP contribution in [0.3, 0.4) is 0 Å². The van der Waals surface area contributed by atoms with E-state index >= 15 is 0 Å². The van der Waals surface area contributed by atoms with Crippen molar-refractivity contribution in [3.8, 4) is 0 Å². The second kappa shape index (κ2) is 6.77. The van der Waals surface area contributed by atoms with Crippen LogP contribution in [0, 0.1) is 0 Å². The largest absolute Gasteiger partial charge is 0.375 e. The lowest BCUT2D eigenvalue weighted by Gasteiger charge is -2.59. The molecule has 5 aliphatic rings. The van der Waals surface area contributed by atoms with Gasteiger partial charge >= 0.3 is 0 Å². The van der Waals surface area contributed by atoms with Crippen LogP contribution in [0.2, 0.25) is 0 Å². The van der Waals surface area contributed by atoms with E-state index < -0.39 is 22.4 Å². The molecule has 152 valence electrons. The molecule has 5 aliphatic heterocycles. The lowest BCUT2D eigenvalue weighted by molar-refractivity contribution is -0.314. The van der Waals surface area contributed by atoms with Gasteiger partial charge < -0.3 is 28.5 Å². The van der Waals surface area contributed by atoms with Crippen molar-refractivity contribution in [2.24, 2.45) is 0 Å². The van der Waals surface area contributed by atoms with Gasteiger partial charge in [-0.1, -0.05) is 0 Å². The molecule has 5 atom stereocenters. The molecule has 0 aliphatic carbocycles. The van der Waals surface area contributed by atoms with Gasteiger partial charge in [-0.3, -0.25) is 0 Å². The van der Waals surface area contributed by atoms with E-state index in [4.69, 9.17) is 23.7 Å². The van der Waals surface area contributed by atoms with Gasteiger partial charge in [-0.25, -0.2) is 0 Å². The maximum absolute atomic E-state index is 12.5. The highest BCUT2D eigenvalue weighted by atomic mass is 16.6. The molecule has 0 aromatic heterocycles. The van der Waals surface area contributed by atoms with Crippen molar-refractivity contribution < 1.29 is 28.5 Å². The maximum Gasteiger partial charge on any atom is 0.155 e.